The third-order valence-electron chi connectivity index (χ3n) is 4.78. The van der Waals surface area contributed by atoms with E-state index in [1.165, 1.54) is 0 Å². The van der Waals surface area contributed by atoms with Gasteiger partial charge < -0.3 is 30.1 Å². The largest absolute Gasteiger partial charge is 0.489 e. The van der Waals surface area contributed by atoms with Gasteiger partial charge in [-0.3, -0.25) is 4.79 Å². The Morgan fingerprint density at radius 1 is 1.00 bits per heavy atom. The molecule has 1 heterocycles. The van der Waals surface area contributed by atoms with Crippen molar-refractivity contribution in [3.63, 3.8) is 0 Å². The van der Waals surface area contributed by atoms with Crippen LogP contribution in [-0.4, -0.2) is 58.3 Å². The minimum Gasteiger partial charge on any atom is -0.489 e. The van der Waals surface area contributed by atoms with E-state index in [9.17, 15) is 20.1 Å². The zero-order chi connectivity index (χ0) is 20.1. The van der Waals surface area contributed by atoms with Crippen molar-refractivity contribution in [2.24, 2.45) is 0 Å². The Kier molecular flexibility index (Phi) is 6.64. The molecule has 0 bridgehead atoms. The first-order valence-electron chi connectivity index (χ1n) is 9.20. The molecule has 1 fully saturated rings. The Morgan fingerprint density at radius 3 is 2.36 bits per heavy atom. The molecule has 0 aliphatic carbocycles. The summed E-state index contributed by atoms with van der Waals surface area (Å²) in [7, 11) is 0. The molecule has 0 spiro atoms. The summed E-state index contributed by atoms with van der Waals surface area (Å²) in [5, 5.41) is 32.2. The Morgan fingerprint density at radius 2 is 1.68 bits per heavy atom. The molecule has 0 saturated carbocycles. The highest BCUT2D eigenvalue weighted by molar-refractivity contribution is 5.94. The maximum Gasteiger partial charge on any atom is 0.251 e. The van der Waals surface area contributed by atoms with Gasteiger partial charge in [0.1, 0.15) is 36.8 Å². The summed E-state index contributed by atoms with van der Waals surface area (Å²) in [5.41, 5.74) is 1.49. The Hall–Kier alpha value is -2.45. The number of aliphatic hydroxyl groups is 3. The van der Waals surface area contributed by atoms with Crippen LogP contribution in [-0.2, 0) is 11.3 Å². The van der Waals surface area contributed by atoms with E-state index in [0.29, 0.717) is 17.9 Å². The minimum atomic E-state index is -1.31. The molecule has 3 rings (SSSR count). The highest BCUT2D eigenvalue weighted by Crippen LogP contribution is 2.20. The zero-order valence-corrected chi connectivity index (χ0v) is 15.6. The van der Waals surface area contributed by atoms with Gasteiger partial charge in [0.25, 0.3) is 5.91 Å². The van der Waals surface area contributed by atoms with Gasteiger partial charge in [-0.1, -0.05) is 30.3 Å². The summed E-state index contributed by atoms with van der Waals surface area (Å²) in [4.78, 5) is 12.3. The number of carbonyl (C=O) groups excluding carboxylic acids is 1. The summed E-state index contributed by atoms with van der Waals surface area (Å²) < 4.78 is 11.2. The van der Waals surface area contributed by atoms with E-state index in [1.807, 2.05) is 30.3 Å². The van der Waals surface area contributed by atoms with Crippen LogP contribution in [0.25, 0.3) is 0 Å². The molecule has 1 unspecified atom stereocenters. The summed E-state index contributed by atoms with van der Waals surface area (Å²) in [6.07, 6.45) is -5.19. The van der Waals surface area contributed by atoms with Crippen molar-refractivity contribution in [1.29, 1.82) is 0 Å². The average molecular weight is 387 g/mol. The van der Waals surface area contributed by atoms with Gasteiger partial charge in [-0.25, -0.2) is 0 Å². The van der Waals surface area contributed by atoms with E-state index < -0.39 is 30.5 Å². The number of hydrogen-bond donors (Lipinski definition) is 4. The Balaban J connectivity index is 1.50. The van der Waals surface area contributed by atoms with Gasteiger partial charge >= 0.3 is 0 Å². The smallest absolute Gasteiger partial charge is 0.251 e. The third kappa shape index (κ3) is 4.88. The highest BCUT2D eigenvalue weighted by atomic mass is 16.5. The second-order valence-corrected chi connectivity index (χ2v) is 6.86. The van der Waals surface area contributed by atoms with Gasteiger partial charge in [-0.2, -0.15) is 0 Å². The number of ether oxygens (including phenoxy) is 2. The van der Waals surface area contributed by atoms with E-state index in [4.69, 9.17) is 9.47 Å². The number of aliphatic hydroxyl groups excluding tert-OH is 3. The predicted molar refractivity (Wildman–Crippen MR) is 102 cm³/mol. The topological polar surface area (TPSA) is 108 Å². The van der Waals surface area contributed by atoms with Crippen molar-refractivity contribution in [3.05, 3.63) is 65.7 Å². The highest BCUT2D eigenvalue weighted by Gasteiger charge is 2.41. The maximum atomic E-state index is 12.3. The van der Waals surface area contributed by atoms with Crippen LogP contribution in [0.15, 0.2) is 54.6 Å². The van der Waals surface area contributed by atoms with Crippen LogP contribution in [0.2, 0.25) is 0 Å². The molecule has 1 aliphatic rings. The lowest BCUT2D eigenvalue weighted by Gasteiger charge is -2.39. The van der Waals surface area contributed by atoms with Gasteiger partial charge in [0.15, 0.2) is 0 Å². The number of nitrogens with one attached hydrogen (secondary N) is 1. The molecule has 4 N–H and O–H groups in total. The van der Waals surface area contributed by atoms with Crippen molar-refractivity contribution in [2.45, 2.75) is 44.1 Å². The molecule has 150 valence electrons. The lowest BCUT2D eigenvalue weighted by molar-refractivity contribution is -0.214. The summed E-state index contributed by atoms with van der Waals surface area (Å²) in [6, 6.07) is 16.5. The third-order valence-corrected chi connectivity index (χ3v) is 4.78. The van der Waals surface area contributed by atoms with E-state index >= 15 is 0 Å². The minimum absolute atomic E-state index is 0.0143. The molecule has 1 amide bonds. The van der Waals surface area contributed by atoms with Crippen LogP contribution in [0, 0.1) is 0 Å². The molecule has 1 aliphatic heterocycles. The van der Waals surface area contributed by atoms with Crippen LogP contribution < -0.4 is 10.1 Å². The molecule has 0 aromatic heterocycles. The fourth-order valence-electron chi connectivity index (χ4n) is 3.04. The van der Waals surface area contributed by atoms with Crippen molar-refractivity contribution >= 4 is 5.91 Å². The second kappa shape index (κ2) is 9.16. The van der Waals surface area contributed by atoms with E-state index in [-0.39, 0.29) is 12.5 Å². The van der Waals surface area contributed by atoms with E-state index in [2.05, 4.69) is 5.32 Å². The maximum absolute atomic E-state index is 12.3. The number of benzene rings is 2. The van der Waals surface area contributed by atoms with Crippen LogP contribution in [0.5, 0.6) is 5.75 Å². The Bertz CT molecular complexity index is 766. The van der Waals surface area contributed by atoms with Crippen molar-refractivity contribution in [1.82, 2.24) is 5.32 Å². The second-order valence-electron chi connectivity index (χ2n) is 6.86. The summed E-state index contributed by atoms with van der Waals surface area (Å²) in [5.74, 6) is 0.316. The monoisotopic (exact) mass is 387 g/mol. The first-order valence-corrected chi connectivity index (χ1v) is 9.20. The molecule has 28 heavy (non-hydrogen) atoms. The molecule has 0 radical (unpaired) electrons. The zero-order valence-electron chi connectivity index (χ0n) is 15.6. The lowest BCUT2D eigenvalue weighted by Crippen LogP contribution is -2.59. The number of hydrogen-bond acceptors (Lipinski definition) is 6. The SMILES string of the molecule is CC1O[C@H](CNC(=O)c2ccc(OCc3ccccc3)cc2)[C@H](O)[C@H](O)[C@H]1O. The van der Waals surface area contributed by atoms with Crippen LogP contribution in [0.1, 0.15) is 22.8 Å². The van der Waals surface area contributed by atoms with Gasteiger partial charge in [0.2, 0.25) is 0 Å². The molecule has 2 aromatic carbocycles. The number of carbonyl (C=O) groups is 1. The fourth-order valence-corrected chi connectivity index (χ4v) is 3.04. The molecule has 2 aromatic rings. The molecule has 5 atom stereocenters. The molecule has 7 nitrogen and oxygen atoms in total. The first-order chi connectivity index (χ1) is 13.5. The first kappa shape index (κ1) is 20.3. The van der Waals surface area contributed by atoms with Gasteiger partial charge in [-0.15, -0.1) is 0 Å². The predicted octanol–water partition coefficient (Wildman–Crippen LogP) is 0.865. The van der Waals surface area contributed by atoms with Gasteiger partial charge in [0.05, 0.1) is 6.10 Å². The molecule has 1 saturated heterocycles. The average Bonchev–Trinajstić information content (AvgIpc) is 2.73. The van der Waals surface area contributed by atoms with Crippen molar-refractivity contribution in [2.75, 3.05) is 6.54 Å². The van der Waals surface area contributed by atoms with Crippen molar-refractivity contribution < 1.29 is 29.6 Å². The normalized spacial score (nSPS) is 27.2. The van der Waals surface area contributed by atoms with Crippen molar-refractivity contribution in [3.8, 4) is 5.75 Å². The summed E-state index contributed by atoms with van der Waals surface area (Å²) in [6.45, 7) is 2.05. The van der Waals surface area contributed by atoms with Gasteiger partial charge in [0, 0.05) is 12.1 Å². The quantitative estimate of drug-likeness (QED) is 0.586. The molecular weight excluding hydrogens is 362 g/mol. The molecular formula is C21H25NO6. The lowest BCUT2D eigenvalue weighted by atomic mass is 9.95. The summed E-state index contributed by atoms with van der Waals surface area (Å²) >= 11 is 0. The van der Waals surface area contributed by atoms with Gasteiger partial charge in [-0.05, 0) is 36.8 Å². The standard InChI is InChI=1S/C21H25NO6/c1-13-18(23)20(25)19(24)17(28-13)11-22-21(26)15-7-9-16(10-8-15)27-12-14-5-3-2-4-6-14/h2-10,13,17-20,23-25H,11-12H2,1H3,(H,22,26)/t13?,17-,18+,19+,20-/m1/s1. The van der Waals surface area contributed by atoms with Crippen LogP contribution in [0.3, 0.4) is 0 Å². The molecule has 7 heteroatoms. The van der Waals surface area contributed by atoms with E-state index in [1.54, 1.807) is 31.2 Å². The van der Waals surface area contributed by atoms with E-state index in [0.717, 1.165) is 5.56 Å². The van der Waals surface area contributed by atoms with Crippen LogP contribution >= 0.6 is 0 Å². The Labute approximate surface area is 163 Å². The number of rotatable bonds is 6. The van der Waals surface area contributed by atoms with Crippen LogP contribution in [0.4, 0.5) is 0 Å². The number of amides is 1. The fraction of sp³-hybridized carbons (Fsp3) is 0.381.